The molecule has 6 heteroatoms. The number of thiocarbonyl (C=S) groups is 1. The van der Waals surface area contributed by atoms with E-state index in [1.54, 1.807) is 7.11 Å². The summed E-state index contributed by atoms with van der Waals surface area (Å²) in [5, 5.41) is 6.78. The fourth-order valence-corrected chi connectivity index (χ4v) is 2.95. The monoisotopic (exact) mass is 308 g/mol. The quantitative estimate of drug-likeness (QED) is 0.659. The highest BCUT2D eigenvalue weighted by atomic mass is 32.1. The van der Waals surface area contributed by atoms with Gasteiger partial charge in [-0.25, -0.2) is 0 Å². The van der Waals surface area contributed by atoms with Crippen molar-refractivity contribution in [3.8, 4) is 11.5 Å². The SMILES string of the molecule is COCCNC(=S)Nc1ccc2c(c1)OC1(CCCC1)O2. The van der Waals surface area contributed by atoms with Gasteiger partial charge in [0.1, 0.15) is 0 Å². The van der Waals surface area contributed by atoms with Crippen LogP contribution in [0.1, 0.15) is 25.7 Å². The summed E-state index contributed by atoms with van der Waals surface area (Å²) < 4.78 is 17.0. The third kappa shape index (κ3) is 3.22. The van der Waals surface area contributed by atoms with Gasteiger partial charge in [-0.2, -0.15) is 0 Å². The van der Waals surface area contributed by atoms with Crippen LogP contribution < -0.4 is 20.1 Å². The van der Waals surface area contributed by atoms with Gasteiger partial charge in [0.15, 0.2) is 16.6 Å². The normalized spacial score (nSPS) is 18.0. The van der Waals surface area contributed by atoms with E-state index in [9.17, 15) is 0 Å². The van der Waals surface area contributed by atoms with Crippen molar-refractivity contribution in [2.24, 2.45) is 0 Å². The Morgan fingerprint density at radius 1 is 1.29 bits per heavy atom. The van der Waals surface area contributed by atoms with E-state index in [4.69, 9.17) is 26.4 Å². The summed E-state index contributed by atoms with van der Waals surface area (Å²) in [7, 11) is 1.66. The van der Waals surface area contributed by atoms with Crippen molar-refractivity contribution in [2.45, 2.75) is 31.5 Å². The molecule has 2 N–H and O–H groups in total. The second-order valence-corrected chi connectivity index (χ2v) is 5.77. The maximum absolute atomic E-state index is 6.03. The molecule has 1 saturated carbocycles. The fraction of sp³-hybridized carbons (Fsp3) is 0.533. The van der Waals surface area contributed by atoms with Crippen molar-refractivity contribution in [3.63, 3.8) is 0 Å². The molecular weight excluding hydrogens is 288 g/mol. The molecule has 1 aliphatic carbocycles. The second kappa shape index (κ2) is 6.07. The van der Waals surface area contributed by atoms with Gasteiger partial charge >= 0.3 is 0 Å². The highest BCUT2D eigenvalue weighted by Crippen LogP contribution is 2.47. The van der Waals surface area contributed by atoms with E-state index >= 15 is 0 Å². The van der Waals surface area contributed by atoms with Crippen LogP contribution in [0.25, 0.3) is 0 Å². The number of ether oxygens (including phenoxy) is 3. The first-order valence-corrected chi connectivity index (χ1v) is 7.67. The Bertz CT molecular complexity index is 530. The summed E-state index contributed by atoms with van der Waals surface area (Å²) in [6, 6.07) is 5.82. The molecule has 1 aromatic carbocycles. The summed E-state index contributed by atoms with van der Waals surface area (Å²) >= 11 is 5.23. The third-order valence-corrected chi connectivity index (χ3v) is 4.00. The van der Waals surface area contributed by atoms with Gasteiger partial charge in [0, 0.05) is 38.2 Å². The lowest BCUT2D eigenvalue weighted by atomic mass is 10.2. The molecule has 1 aliphatic heterocycles. The Morgan fingerprint density at radius 3 is 2.81 bits per heavy atom. The predicted molar refractivity (Wildman–Crippen MR) is 85.0 cm³/mol. The van der Waals surface area contributed by atoms with Crippen molar-refractivity contribution < 1.29 is 14.2 Å². The Morgan fingerprint density at radius 2 is 2.05 bits per heavy atom. The van der Waals surface area contributed by atoms with E-state index in [2.05, 4.69) is 10.6 Å². The van der Waals surface area contributed by atoms with E-state index in [0.717, 1.165) is 42.9 Å². The number of fused-ring (bicyclic) bond motifs is 1. The van der Waals surface area contributed by atoms with Crippen LogP contribution in [0.4, 0.5) is 5.69 Å². The lowest BCUT2D eigenvalue weighted by Gasteiger charge is -2.21. The standard InChI is InChI=1S/C15H20N2O3S/c1-18-9-8-16-14(21)17-11-4-5-12-13(10-11)20-15(19-12)6-2-3-7-15/h4-5,10H,2-3,6-9H2,1H3,(H2,16,17,21). The molecule has 3 rings (SSSR count). The lowest BCUT2D eigenvalue weighted by Crippen LogP contribution is -2.34. The zero-order valence-electron chi connectivity index (χ0n) is 12.1. The number of benzene rings is 1. The molecule has 1 aromatic rings. The van der Waals surface area contributed by atoms with E-state index in [0.29, 0.717) is 18.3 Å². The summed E-state index contributed by atoms with van der Waals surface area (Å²) in [4.78, 5) is 0. The highest BCUT2D eigenvalue weighted by Gasteiger charge is 2.44. The molecule has 5 nitrogen and oxygen atoms in total. The number of hydrogen-bond acceptors (Lipinski definition) is 4. The zero-order valence-corrected chi connectivity index (χ0v) is 12.9. The molecule has 1 fully saturated rings. The Labute approximate surface area is 130 Å². The minimum Gasteiger partial charge on any atom is -0.448 e. The van der Waals surface area contributed by atoms with E-state index in [1.807, 2.05) is 18.2 Å². The minimum absolute atomic E-state index is 0.418. The van der Waals surface area contributed by atoms with Crippen LogP contribution in [0.15, 0.2) is 18.2 Å². The van der Waals surface area contributed by atoms with Crippen LogP contribution in [0.3, 0.4) is 0 Å². The van der Waals surface area contributed by atoms with E-state index in [-0.39, 0.29) is 0 Å². The van der Waals surface area contributed by atoms with Crippen molar-refractivity contribution in [1.82, 2.24) is 5.32 Å². The molecule has 0 atom stereocenters. The molecule has 0 amide bonds. The van der Waals surface area contributed by atoms with Gasteiger partial charge in [-0.05, 0) is 37.2 Å². The first-order chi connectivity index (χ1) is 10.2. The van der Waals surface area contributed by atoms with Gasteiger partial charge in [-0.3, -0.25) is 0 Å². The van der Waals surface area contributed by atoms with Crippen LogP contribution in [0, 0.1) is 0 Å². The van der Waals surface area contributed by atoms with Crippen molar-refractivity contribution in [1.29, 1.82) is 0 Å². The largest absolute Gasteiger partial charge is 0.448 e. The smallest absolute Gasteiger partial charge is 0.251 e. The van der Waals surface area contributed by atoms with Crippen molar-refractivity contribution >= 4 is 23.0 Å². The molecule has 0 saturated heterocycles. The number of anilines is 1. The average molecular weight is 308 g/mol. The van der Waals surface area contributed by atoms with Crippen molar-refractivity contribution in [2.75, 3.05) is 25.6 Å². The molecule has 21 heavy (non-hydrogen) atoms. The van der Waals surface area contributed by atoms with Crippen LogP contribution in [-0.2, 0) is 4.74 Å². The summed E-state index contributed by atoms with van der Waals surface area (Å²) in [5.41, 5.74) is 0.891. The predicted octanol–water partition coefficient (Wildman–Crippen LogP) is 2.66. The van der Waals surface area contributed by atoms with Gasteiger partial charge in [0.2, 0.25) is 0 Å². The molecule has 0 aromatic heterocycles. The van der Waals surface area contributed by atoms with Gasteiger partial charge in [0.25, 0.3) is 5.79 Å². The molecule has 1 spiro atoms. The van der Waals surface area contributed by atoms with Gasteiger partial charge < -0.3 is 24.8 Å². The lowest BCUT2D eigenvalue weighted by molar-refractivity contribution is -0.0716. The summed E-state index contributed by atoms with van der Waals surface area (Å²) in [6.45, 7) is 1.29. The van der Waals surface area contributed by atoms with E-state index < -0.39 is 5.79 Å². The van der Waals surface area contributed by atoms with Crippen LogP contribution in [0.2, 0.25) is 0 Å². The summed E-state index contributed by atoms with van der Waals surface area (Å²) in [5.74, 6) is 1.19. The maximum atomic E-state index is 6.03. The first kappa shape index (κ1) is 14.4. The van der Waals surface area contributed by atoms with Crippen LogP contribution in [0.5, 0.6) is 11.5 Å². The fourth-order valence-electron chi connectivity index (χ4n) is 2.73. The summed E-state index contributed by atoms with van der Waals surface area (Å²) in [6.07, 6.45) is 4.24. The Balaban J connectivity index is 1.61. The molecular formula is C15H20N2O3S. The molecule has 1 heterocycles. The minimum atomic E-state index is -0.418. The number of rotatable bonds is 4. The van der Waals surface area contributed by atoms with E-state index in [1.165, 1.54) is 0 Å². The molecule has 0 unspecified atom stereocenters. The second-order valence-electron chi connectivity index (χ2n) is 5.36. The third-order valence-electron chi connectivity index (χ3n) is 3.75. The van der Waals surface area contributed by atoms with Crippen LogP contribution in [-0.4, -0.2) is 31.2 Å². The molecule has 114 valence electrons. The Kier molecular flexibility index (Phi) is 4.17. The molecule has 0 bridgehead atoms. The van der Waals surface area contributed by atoms with Crippen molar-refractivity contribution in [3.05, 3.63) is 18.2 Å². The van der Waals surface area contributed by atoms with Crippen LogP contribution >= 0.6 is 12.2 Å². The number of hydrogen-bond donors (Lipinski definition) is 2. The van der Waals surface area contributed by atoms with Gasteiger partial charge in [-0.15, -0.1) is 0 Å². The van der Waals surface area contributed by atoms with Gasteiger partial charge in [-0.1, -0.05) is 0 Å². The number of methoxy groups -OCH3 is 1. The number of nitrogens with one attached hydrogen (secondary N) is 2. The average Bonchev–Trinajstić information content (AvgIpc) is 3.05. The highest BCUT2D eigenvalue weighted by molar-refractivity contribution is 7.80. The topological polar surface area (TPSA) is 51.8 Å². The molecule has 2 aliphatic rings. The van der Waals surface area contributed by atoms with Gasteiger partial charge in [0.05, 0.1) is 6.61 Å². The molecule has 0 radical (unpaired) electrons. The zero-order chi connectivity index (χ0) is 14.7. The maximum Gasteiger partial charge on any atom is 0.251 e. The Hall–Kier alpha value is -1.53. The first-order valence-electron chi connectivity index (χ1n) is 7.27.